The molecule has 2 aromatic heterocycles. The summed E-state index contributed by atoms with van der Waals surface area (Å²) in [5.41, 5.74) is 1.22. The van der Waals surface area contributed by atoms with Crippen molar-refractivity contribution in [2.45, 2.75) is 19.0 Å². The number of nitrogens with zero attached hydrogens (tertiary/aromatic N) is 4. The Bertz CT molecular complexity index is 643. The van der Waals surface area contributed by atoms with Gasteiger partial charge in [0, 0.05) is 44.6 Å². The molecular formula is C16H18N4O2. The standard InChI is InChI=1S/C16H18N4O2/c21-16(15-7-18-11-22-15)19-5-3-13-9-20(14(13)10-19)8-12-2-1-4-17-6-12/h1-2,4,6-7,11,13-14H,3,5,8-10H2/t13-,14-/m1/s1. The summed E-state index contributed by atoms with van der Waals surface area (Å²) in [6.07, 6.45) is 7.56. The summed E-state index contributed by atoms with van der Waals surface area (Å²) in [5, 5.41) is 0. The van der Waals surface area contributed by atoms with Crippen molar-refractivity contribution in [1.29, 1.82) is 0 Å². The van der Waals surface area contributed by atoms with Gasteiger partial charge in [-0.1, -0.05) is 6.07 Å². The fraction of sp³-hybridized carbons (Fsp3) is 0.438. The SMILES string of the molecule is O=C(c1cnco1)N1CC[C@@H]2CN(Cc3cccnc3)[C@@H]2C1. The first kappa shape index (κ1) is 13.5. The Morgan fingerprint density at radius 1 is 1.32 bits per heavy atom. The van der Waals surface area contributed by atoms with E-state index in [0.717, 1.165) is 32.6 Å². The molecule has 2 aliphatic rings. The van der Waals surface area contributed by atoms with E-state index in [9.17, 15) is 4.79 Å². The van der Waals surface area contributed by atoms with Crippen LogP contribution in [-0.4, -0.2) is 51.4 Å². The molecule has 0 aliphatic carbocycles. The maximum Gasteiger partial charge on any atom is 0.291 e. The van der Waals surface area contributed by atoms with Gasteiger partial charge in [0.1, 0.15) is 0 Å². The van der Waals surface area contributed by atoms with E-state index in [2.05, 4.69) is 20.9 Å². The van der Waals surface area contributed by atoms with Crippen molar-refractivity contribution < 1.29 is 9.21 Å². The van der Waals surface area contributed by atoms with Gasteiger partial charge < -0.3 is 9.32 Å². The Hall–Kier alpha value is -2.21. The van der Waals surface area contributed by atoms with Gasteiger partial charge in [-0.15, -0.1) is 0 Å². The highest BCUT2D eigenvalue weighted by Crippen LogP contribution is 2.34. The molecule has 0 unspecified atom stereocenters. The van der Waals surface area contributed by atoms with E-state index in [0.29, 0.717) is 17.7 Å². The highest BCUT2D eigenvalue weighted by atomic mass is 16.3. The quantitative estimate of drug-likeness (QED) is 0.857. The minimum atomic E-state index is -0.0517. The Balaban J connectivity index is 1.41. The Morgan fingerprint density at radius 3 is 3.05 bits per heavy atom. The molecule has 4 rings (SSSR count). The molecule has 0 saturated carbocycles. The lowest BCUT2D eigenvalue weighted by Crippen LogP contribution is -2.64. The number of fused-ring (bicyclic) bond motifs is 1. The zero-order chi connectivity index (χ0) is 14.9. The van der Waals surface area contributed by atoms with Crippen LogP contribution in [0.4, 0.5) is 0 Å². The summed E-state index contributed by atoms with van der Waals surface area (Å²) in [6, 6.07) is 4.51. The summed E-state index contributed by atoms with van der Waals surface area (Å²) in [6.45, 7) is 3.59. The Kier molecular flexibility index (Phi) is 3.38. The second kappa shape index (κ2) is 5.53. The molecule has 2 atom stereocenters. The molecule has 4 heterocycles. The number of rotatable bonds is 3. The molecule has 2 fully saturated rings. The summed E-state index contributed by atoms with van der Waals surface area (Å²) in [7, 11) is 0. The molecule has 0 aromatic carbocycles. The topological polar surface area (TPSA) is 62.5 Å². The van der Waals surface area contributed by atoms with E-state index in [1.807, 2.05) is 17.2 Å². The van der Waals surface area contributed by atoms with Crippen LogP contribution in [0.15, 0.2) is 41.5 Å². The second-order valence-electron chi connectivity index (χ2n) is 6.02. The van der Waals surface area contributed by atoms with Gasteiger partial charge in [-0.25, -0.2) is 4.98 Å². The van der Waals surface area contributed by atoms with Crippen LogP contribution in [0, 0.1) is 5.92 Å². The van der Waals surface area contributed by atoms with Crippen molar-refractivity contribution in [2.75, 3.05) is 19.6 Å². The van der Waals surface area contributed by atoms with Crippen molar-refractivity contribution in [3.8, 4) is 0 Å². The first-order valence-corrected chi connectivity index (χ1v) is 7.62. The third-order valence-electron chi connectivity index (χ3n) is 4.70. The summed E-state index contributed by atoms with van der Waals surface area (Å²) in [5.74, 6) is 0.983. The van der Waals surface area contributed by atoms with Gasteiger partial charge in [0.05, 0.1) is 6.20 Å². The van der Waals surface area contributed by atoms with Crippen LogP contribution in [0.3, 0.4) is 0 Å². The van der Waals surface area contributed by atoms with Gasteiger partial charge >= 0.3 is 0 Å². The lowest BCUT2D eigenvalue weighted by atomic mass is 9.82. The van der Waals surface area contributed by atoms with Crippen LogP contribution in [0.2, 0.25) is 0 Å². The predicted octanol–water partition coefficient (Wildman–Crippen LogP) is 1.42. The number of oxazole rings is 1. The molecule has 2 aliphatic heterocycles. The minimum absolute atomic E-state index is 0.0517. The lowest BCUT2D eigenvalue weighted by molar-refractivity contribution is -0.0433. The molecule has 0 bridgehead atoms. The predicted molar refractivity (Wildman–Crippen MR) is 78.9 cm³/mol. The monoisotopic (exact) mass is 298 g/mol. The molecular weight excluding hydrogens is 280 g/mol. The van der Waals surface area contributed by atoms with Crippen molar-refractivity contribution in [2.24, 2.45) is 5.92 Å². The van der Waals surface area contributed by atoms with Gasteiger partial charge in [0.15, 0.2) is 6.39 Å². The van der Waals surface area contributed by atoms with E-state index < -0.39 is 0 Å². The normalized spacial score (nSPS) is 24.6. The van der Waals surface area contributed by atoms with Crippen LogP contribution in [0.5, 0.6) is 0 Å². The first-order chi connectivity index (χ1) is 10.8. The maximum absolute atomic E-state index is 12.4. The molecule has 22 heavy (non-hydrogen) atoms. The Labute approximate surface area is 128 Å². The van der Waals surface area contributed by atoms with Crippen molar-refractivity contribution >= 4 is 5.91 Å². The fourth-order valence-corrected chi connectivity index (χ4v) is 3.48. The number of likely N-dealkylation sites (tertiary alicyclic amines) is 2. The average Bonchev–Trinajstić information content (AvgIpc) is 3.07. The highest BCUT2D eigenvalue weighted by Gasteiger charge is 2.43. The average molecular weight is 298 g/mol. The molecule has 6 nitrogen and oxygen atoms in total. The van der Waals surface area contributed by atoms with Crippen LogP contribution in [0.25, 0.3) is 0 Å². The molecule has 114 valence electrons. The molecule has 0 radical (unpaired) electrons. The lowest BCUT2D eigenvalue weighted by Gasteiger charge is -2.53. The first-order valence-electron chi connectivity index (χ1n) is 7.62. The number of hydrogen-bond donors (Lipinski definition) is 0. The number of aromatic nitrogens is 2. The second-order valence-corrected chi connectivity index (χ2v) is 6.02. The minimum Gasteiger partial charge on any atom is -0.438 e. The molecule has 0 N–H and O–H groups in total. The molecule has 2 aromatic rings. The third-order valence-corrected chi connectivity index (χ3v) is 4.70. The van der Waals surface area contributed by atoms with Gasteiger partial charge in [-0.3, -0.25) is 14.7 Å². The summed E-state index contributed by atoms with van der Waals surface area (Å²) >= 11 is 0. The smallest absolute Gasteiger partial charge is 0.291 e. The van der Waals surface area contributed by atoms with E-state index in [4.69, 9.17) is 4.42 Å². The van der Waals surface area contributed by atoms with Gasteiger partial charge in [-0.05, 0) is 24.0 Å². The van der Waals surface area contributed by atoms with Gasteiger partial charge in [0.25, 0.3) is 5.91 Å². The van der Waals surface area contributed by atoms with Crippen molar-refractivity contribution in [3.05, 3.63) is 48.4 Å². The summed E-state index contributed by atoms with van der Waals surface area (Å²) < 4.78 is 5.13. The maximum atomic E-state index is 12.4. The number of pyridine rings is 1. The van der Waals surface area contributed by atoms with Crippen LogP contribution in [-0.2, 0) is 6.54 Å². The van der Waals surface area contributed by atoms with Crippen LogP contribution in [0.1, 0.15) is 22.5 Å². The third kappa shape index (κ3) is 2.39. The van der Waals surface area contributed by atoms with Crippen molar-refractivity contribution in [1.82, 2.24) is 19.8 Å². The summed E-state index contributed by atoms with van der Waals surface area (Å²) in [4.78, 5) is 24.7. The van der Waals surface area contributed by atoms with E-state index >= 15 is 0 Å². The van der Waals surface area contributed by atoms with E-state index in [1.54, 1.807) is 6.20 Å². The zero-order valence-electron chi connectivity index (χ0n) is 12.3. The highest BCUT2D eigenvalue weighted by molar-refractivity contribution is 5.91. The molecule has 0 spiro atoms. The van der Waals surface area contributed by atoms with E-state index in [-0.39, 0.29) is 5.91 Å². The molecule has 1 amide bonds. The number of piperidine rings is 1. The molecule has 2 saturated heterocycles. The van der Waals surface area contributed by atoms with Crippen LogP contribution < -0.4 is 0 Å². The fourth-order valence-electron chi connectivity index (χ4n) is 3.48. The van der Waals surface area contributed by atoms with Crippen molar-refractivity contribution in [3.63, 3.8) is 0 Å². The number of amides is 1. The number of hydrogen-bond acceptors (Lipinski definition) is 5. The van der Waals surface area contributed by atoms with Gasteiger partial charge in [-0.2, -0.15) is 0 Å². The van der Waals surface area contributed by atoms with E-state index in [1.165, 1.54) is 18.2 Å². The Morgan fingerprint density at radius 2 is 2.27 bits per heavy atom. The molecule has 6 heteroatoms. The number of carbonyl (C=O) groups is 1. The largest absolute Gasteiger partial charge is 0.438 e. The zero-order valence-corrected chi connectivity index (χ0v) is 12.3. The van der Waals surface area contributed by atoms with Gasteiger partial charge in [0.2, 0.25) is 5.76 Å². The van der Waals surface area contributed by atoms with Crippen LogP contribution >= 0.6 is 0 Å². The number of carbonyl (C=O) groups excluding carboxylic acids is 1.